The second-order valence-electron chi connectivity index (χ2n) is 6.31. The number of anilines is 1. The van der Waals surface area contributed by atoms with Crippen LogP contribution in [0.15, 0.2) is 53.0 Å². The maximum Gasteiger partial charge on any atom is 0.244 e. The summed E-state index contributed by atoms with van der Waals surface area (Å²) in [5, 5.41) is 2.81. The molecular formula is C20H21BrN4O2S. The van der Waals surface area contributed by atoms with Gasteiger partial charge in [0.05, 0.1) is 29.0 Å². The van der Waals surface area contributed by atoms with Gasteiger partial charge in [-0.2, -0.15) is 11.8 Å². The normalized spacial score (nSPS) is 10.8. The van der Waals surface area contributed by atoms with Crippen molar-refractivity contribution < 1.29 is 9.59 Å². The molecule has 0 unspecified atom stereocenters. The van der Waals surface area contributed by atoms with Gasteiger partial charge in [0.25, 0.3) is 0 Å². The molecule has 1 aromatic heterocycles. The van der Waals surface area contributed by atoms with Gasteiger partial charge in [-0.05, 0) is 46.5 Å². The zero-order valence-corrected chi connectivity index (χ0v) is 18.1. The molecular weight excluding hydrogens is 440 g/mol. The molecule has 3 rings (SSSR count). The molecule has 0 bridgehead atoms. The minimum Gasteiger partial charge on any atom is -0.335 e. The van der Waals surface area contributed by atoms with E-state index in [4.69, 9.17) is 0 Å². The van der Waals surface area contributed by atoms with Gasteiger partial charge < -0.3 is 14.8 Å². The maximum absolute atomic E-state index is 12.7. The number of benzene rings is 2. The Labute approximate surface area is 176 Å². The summed E-state index contributed by atoms with van der Waals surface area (Å²) in [6.07, 6.45) is 2.00. The lowest BCUT2D eigenvalue weighted by atomic mass is 10.3. The van der Waals surface area contributed by atoms with E-state index in [1.54, 1.807) is 24.9 Å². The van der Waals surface area contributed by atoms with Gasteiger partial charge in [-0.15, -0.1) is 0 Å². The van der Waals surface area contributed by atoms with Crippen LogP contribution in [0.3, 0.4) is 0 Å². The molecule has 0 aliphatic heterocycles. The summed E-state index contributed by atoms with van der Waals surface area (Å²) in [6.45, 7) is 0.125. The number of aromatic nitrogens is 2. The number of imidazole rings is 1. The van der Waals surface area contributed by atoms with Gasteiger partial charge in [0, 0.05) is 11.5 Å². The van der Waals surface area contributed by atoms with Crippen molar-refractivity contribution in [2.45, 2.75) is 12.3 Å². The predicted molar refractivity (Wildman–Crippen MR) is 117 cm³/mol. The highest BCUT2D eigenvalue weighted by Crippen LogP contribution is 2.21. The quantitative estimate of drug-likeness (QED) is 0.582. The summed E-state index contributed by atoms with van der Waals surface area (Å²) in [5.41, 5.74) is 2.47. The first-order valence-corrected chi connectivity index (χ1v) is 10.9. The van der Waals surface area contributed by atoms with Crippen molar-refractivity contribution in [2.75, 3.05) is 25.2 Å². The average molecular weight is 461 g/mol. The van der Waals surface area contributed by atoms with Gasteiger partial charge in [0.1, 0.15) is 12.4 Å². The summed E-state index contributed by atoms with van der Waals surface area (Å²) in [6, 6.07) is 15.1. The summed E-state index contributed by atoms with van der Waals surface area (Å²) >= 11 is 5.05. The Morgan fingerprint density at radius 3 is 2.64 bits per heavy atom. The fourth-order valence-corrected chi connectivity index (χ4v) is 3.72. The number of carbonyl (C=O) groups excluding carboxylic acids is 2. The molecule has 0 radical (unpaired) electrons. The van der Waals surface area contributed by atoms with Crippen LogP contribution in [0.2, 0.25) is 0 Å². The van der Waals surface area contributed by atoms with Crippen molar-refractivity contribution in [1.29, 1.82) is 0 Å². The Balaban J connectivity index is 1.69. The van der Waals surface area contributed by atoms with Crippen molar-refractivity contribution in [1.82, 2.24) is 14.5 Å². The van der Waals surface area contributed by atoms with Crippen molar-refractivity contribution in [3.8, 4) is 0 Å². The molecule has 3 aromatic rings. The topological polar surface area (TPSA) is 67.2 Å². The van der Waals surface area contributed by atoms with Gasteiger partial charge in [0.2, 0.25) is 11.8 Å². The lowest BCUT2D eigenvalue weighted by Crippen LogP contribution is -2.37. The van der Waals surface area contributed by atoms with Crippen molar-refractivity contribution >= 4 is 56.2 Å². The van der Waals surface area contributed by atoms with E-state index in [1.807, 2.05) is 53.3 Å². The number of fused-ring (bicyclic) bond motifs is 1. The van der Waals surface area contributed by atoms with Crippen LogP contribution < -0.4 is 5.32 Å². The number of thioether (sulfide) groups is 1. The number of nitrogens with zero attached hydrogens (tertiary/aromatic N) is 3. The molecule has 0 aliphatic rings. The smallest absolute Gasteiger partial charge is 0.244 e. The Morgan fingerprint density at radius 2 is 1.89 bits per heavy atom. The number of likely N-dealkylation sites (N-methyl/N-ethyl adjacent to an activating group) is 1. The van der Waals surface area contributed by atoms with Gasteiger partial charge in [0.15, 0.2) is 0 Å². The fourth-order valence-electron chi connectivity index (χ4n) is 2.85. The second kappa shape index (κ2) is 9.25. The molecule has 28 heavy (non-hydrogen) atoms. The highest BCUT2D eigenvalue weighted by Gasteiger charge is 2.18. The third-order valence-electron chi connectivity index (χ3n) is 4.25. The number of hydrogen-bond donors (Lipinski definition) is 1. The van der Waals surface area contributed by atoms with Gasteiger partial charge in [-0.25, -0.2) is 4.98 Å². The molecule has 146 valence electrons. The fraction of sp³-hybridized carbons (Fsp3) is 0.250. The third-order valence-corrected chi connectivity index (χ3v) is 5.49. The van der Waals surface area contributed by atoms with Crippen LogP contribution in [-0.2, 0) is 21.9 Å². The van der Waals surface area contributed by atoms with Crippen LogP contribution in [0.25, 0.3) is 11.0 Å². The van der Waals surface area contributed by atoms with E-state index in [2.05, 4.69) is 26.2 Å². The highest BCUT2D eigenvalue weighted by molar-refractivity contribution is 9.10. The Morgan fingerprint density at radius 1 is 1.18 bits per heavy atom. The second-order valence-corrected chi connectivity index (χ2v) is 8.03. The van der Waals surface area contributed by atoms with Crippen LogP contribution in [0, 0.1) is 0 Å². The Kier molecular flexibility index (Phi) is 6.74. The molecule has 0 spiro atoms. The van der Waals surface area contributed by atoms with E-state index in [1.165, 1.54) is 4.90 Å². The Hall–Kier alpha value is -2.32. The summed E-state index contributed by atoms with van der Waals surface area (Å²) < 4.78 is 2.72. The number of hydrogen-bond acceptors (Lipinski definition) is 4. The minimum absolute atomic E-state index is 0.0232. The van der Waals surface area contributed by atoms with Crippen LogP contribution in [0.5, 0.6) is 0 Å². The lowest BCUT2D eigenvalue weighted by Gasteiger charge is -2.18. The minimum atomic E-state index is -0.248. The molecule has 0 saturated carbocycles. The molecule has 0 aliphatic carbocycles. The molecule has 1 heterocycles. The lowest BCUT2D eigenvalue weighted by molar-refractivity contribution is -0.133. The highest BCUT2D eigenvalue weighted by atomic mass is 79.9. The van der Waals surface area contributed by atoms with E-state index in [-0.39, 0.29) is 24.9 Å². The van der Waals surface area contributed by atoms with E-state index in [0.717, 1.165) is 21.3 Å². The molecule has 2 amide bonds. The third kappa shape index (κ3) is 4.74. The van der Waals surface area contributed by atoms with Crippen LogP contribution >= 0.6 is 27.7 Å². The molecule has 8 heteroatoms. The molecule has 2 aromatic carbocycles. The van der Waals surface area contributed by atoms with Gasteiger partial charge >= 0.3 is 0 Å². The van der Waals surface area contributed by atoms with Gasteiger partial charge in [-0.3, -0.25) is 9.59 Å². The molecule has 6 nitrogen and oxygen atoms in total. The van der Waals surface area contributed by atoms with E-state index >= 15 is 0 Å². The Bertz CT molecular complexity index is 1000. The van der Waals surface area contributed by atoms with E-state index < -0.39 is 0 Å². The first-order valence-electron chi connectivity index (χ1n) is 8.71. The van der Waals surface area contributed by atoms with Crippen LogP contribution in [-0.4, -0.2) is 46.1 Å². The van der Waals surface area contributed by atoms with Crippen LogP contribution in [0.4, 0.5) is 5.69 Å². The number of para-hydroxylation sites is 3. The number of rotatable bonds is 7. The van der Waals surface area contributed by atoms with Crippen molar-refractivity contribution in [2.24, 2.45) is 0 Å². The average Bonchev–Trinajstić information content (AvgIpc) is 3.01. The number of carbonyl (C=O) groups is 2. The predicted octanol–water partition coefficient (Wildman–Crippen LogP) is 3.76. The van der Waals surface area contributed by atoms with Gasteiger partial charge in [-0.1, -0.05) is 24.3 Å². The molecule has 0 atom stereocenters. The summed E-state index contributed by atoms with van der Waals surface area (Å²) in [7, 11) is 1.63. The number of amides is 2. The largest absolute Gasteiger partial charge is 0.335 e. The monoisotopic (exact) mass is 460 g/mol. The molecule has 1 N–H and O–H groups in total. The van der Waals surface area contributed by atoms with E-state index in [0.29, 0.717) is 11.4 Å². The summed E-state index contributed by atoms with van der Waals surface area (Å²) in [4.78, 5) is 31.1. The van der Waals surface area contributed by atoms with Crippen molar-refractivity contribution in [3.05, 3.63) is 58.8 Å². The van der Waals surface area contributed by atoms with E-state index in [9.17, 15) is 9.59 Å². The first-order chi connectivity index (χ1) is 13.5. The molecule has 0 saturated heterocycles. The number of nitrogens with one attached hydrogen (secondary N) is 1. The standard InChI is InChI=1S/C20H21BrN4O2S/c1-24(11-19(26)23-15-8-4-3-7-14(15)21)20(27)12-25-17-10-6-5-9-16(17)22-18(25)13-28-2/h3-10H,11-13H2,1-2H3,(H,23,26). The summed E-state index contributed by atoms with van der Waals surface area (Å²) in [5.74, 6) is 1.18. The SMILES string of the molecule is CSCc1nc2ccccc2n1CC(=O)N(C)CC(=O)Nc1ccccc1Br. The zero-order chi connectivity index (χ0) is 20.1. The maximum atomic E-state index is 12.7. The zero-order valence-electron chi connectivity index (χ0n) is 15.7. The van der Waals surface area contributed by atoms with Crippen molar-refractivity contribution in [3.63, 3.8) is 0 Å². The van der Waals surface area contributed by atoms with Crippen LogP contribution in [0.1, 0.15) is 5.82 Å². The first kappa shape index (κ1) is 20.4. The molecule has 0 fully saturated rings. The number of halogens is 1.